The Morgan fingerprint density at radius 1 is 1.13 bits per heavy atom. The Kier molecular flexibility index (Phi) is 4.65. The molecule has 0 saturated heterocycles. The molecule has 1 atom stereocenters. The topological polar surface area (TPSA) is 32.3 Å². The van der Waals surface area contributed by atoms with Crippen LogP contribution in [0.3, 0.4) is 0 Å². The second-order valence-electron chi connectivity index (χ2n) is 6.20. The van der Waals surface area contributed by atoms with Crippen LogP contribution in [0.5, 0.6) is 0 Å². The summed E-state index contributed by atoms with van der Waals surface area (Å²) in [5, 5.41) is 3.32. The van der Waals surface area contributed by atoms with Gasteiger partial charge in [-0.3, -0.25) is 4.79 Å². The van der Waals surface area contributed by atoms with Crippen LogP contribution in [0.25, 0.3) is 0 Å². The highest BCUT2D eigenvalue weighted by Crippen LogP contribution is 2.20. The number of benzene rings is 2. The Balaban J connectivity index is 1.63. The summed E-state index contributed by atoms with van der Waals surface area (Å²) in [6.45, 7) is 5.60. The van der Waals surface area contributed by atoms with Gasteiger partial charge < -0.3 is 10.2 Å². The maximum atomic E-state index is 12.7. The minimum Gasteiger partial charge on any atom is -0.374 e. The molecule has 23 heavy (non-hydrogen) atoms. The maximum Gasteiger partial charge on any atom is 0.245 e. The molecule has 3 rings (SSSR count). The van der Waals surface area contributed by atoms with E-state index in [-0.39, 0.29) is 11.9 Å². The molecule has 1 aliphatic rings. The zero-order valence-electron chi connectivity index (χ0n) is 13.9. The lowest BCUT2D eigenvalue weighted by molar-refractivity contribution is -0.132. The number of nitrogens with one attached hydrogen (secondary N) is 1. The number of carbonyl (C=O) groups is 1. The molecule has 1 amide bonds. The highest BCUT2D eigenvalue weighted by molar-refractivity contribution is 5.84. The van der Waals surface area contributed by atoms with Crippen molar-refractivity contribution in [1.82, 2.24) is 4.90 Å². The van der Waals surface area contributed by atoms with Crippen molar-refractivity contribution in [2.24, 2.45) is 0 Å². The number of rotatable bonds is 4. The van der Waals surface area contributed by atoms with Crippen LogP contribution >= 0.6 is 0 Å². The van der Waals surface area contributed by atoms with Gasteiger partial charge in [0.2, 0.25) is 5.91 Å². The molecule has 1 N–H and O–H groups in total. The van der Waals surface area contributed by atoms with E-state index in [2.05, 4.69) is 42.6 Å². The first-order valence-corrected chi connectivity index (χ1v) is 8.38. The zero-order chi connectivity index (χ0) is 16.2. The van der Waals surface area contributed by atoms with Crippen molar-refractivity contribution in [1.29, 1.82) is 0 Å². The summed E-state index contributed by atoms with van der Waals surface area (Å²) in [7, 11) is 0. The number of aryl methyl sites for hydroxylation is 1. The molecular weight excluding hydrogens is 284 g/mol. The van der Waals surface area contributed by atoms with Crippen LogP contribution in [0, 0.1) is 0 Å². The lowest BCUT2D eigenvalue weighted by atomic mass is 9.99. The van der Waals surface area contributed by atoms with E-state index in [1.54, 1.807) is 0 Å². The Bertz CT molecular complexity index is 678. The maximum absolute atomic E-state index is 12.7. The molecule has 0 saturated carbocycles. The molecule has 0 unspecified atom stereocenters. The van der Waals surface area contributed by atoms with E-state index in [0.29, 0.717) is 0 Å². The summed E-state index contributed by atoms with van der Waals surface area (Å²) >= 11 is 0. The van der Waals surface area contributed by atoms with E-state index in [0.717, 1.165) is 31.6 Å². The predicted molar refractivity (Wildman–Crippen MR) is 94.5 cm³/mol. The van der Waals surface area contributed by atoms with Crippen molar-refractivity contribution in [3.63, 3.8) is 0 Å². The van der Waals surface area contributed by atoms with Crippen LogP contribution in [0.1, 0.15) is 30.5 Å². The smallest absolute Gasteiger partial charge is 0.245 e. The average molecular weight is 308 g/mol. The molecule has 1 heterocycles. The Hall–Kier alpha value is -2.29. The first kappa shape index (κ1) is 15.6. The summed E-state index contributed by atoms with van der Waals surface area (Å²) in [5.41, 5.74) is 4.95. The van der Waals surface area contributed by atoms with Crippen molar-refractivity contribution in [2.75, 3.05) is 11.9 Å². The van der Waals surface area contributed by atoms with E-state index in [9.17, 15) is 4.79 Å². The predicted octanol–water partition coefficient (Wildman–Crippen LogP) is 3.63. The van der Waals surface area contributed by atoms with Gasteiger partial charge in [0.05, 0.1) is 0 Å². The van der Waals surface area contributed by atoms with Gasteiger partial charge in [0.25, 0.3) is 0 Å². The summed E-state index contributed by atoms with van der Waals surface area (Å²) in [5.74, 6) is 0.166. The molecule has 1 aliphatic heterocycles. The first-order valence-electron chi connectivity index (χ1n) is 8.38. The van der Waals surface area contributed by atoms with E-state index in [4.69, 9.17) is 0 Å². The molecule has 2 aromatic carbocycles. The summed E-state index contributed by atoms with van der Waals surface area (Å²) in [6.07, 6.45) is 1.97. The minimum atomic E-state index is -0.215. The highest BCUT2D eigenvalue weighted by Gasteiger charge is 2.24. The van der Waals surface area contributed by atoms with Gasteiger partial charge in [-0.05, 0) is 48.6 Å². The third kappa shape index (κ3) is 3.55. The fourth-order valence-corrected chi connectivity index (χ4v) is 3.11. The SMILES string of the molecule is CCc1ccc(N[C@H](C)C(=O)N2CCc3ccccc3C2)cc1. The molecule has 2 aromatic rings. The lowest BCUT2D eigenvalue weighted by Gasteiger charge is -2.31. The molecule has 3 heteroatoms. The monoisotopic (exact) mass is 308 g/mol. The molecule has 0 bridgehead atoms. The minimum absolute atomic E-state index is 0.166. The van der Waals surface area contributed by atoms with Crippen molar-refractivity contribution >= 4 is 11.6 Å². The van der Waals surface area contributed by atoms with Crippen LogP contribution in [0.15, 0.2) is 48.5 Å². The van der Waals surface area contributed by atoms with Crippen LogP contribution in [-0.2, 0) is 24.2 Å². The molecule has 0 aromatic heterocycles. The van der Waals surface area contributed by atoms with Gasteiger partial charge in [-0.1, -0.05) is 43.3 Å². The number of anilines is 1. The summed E-state index contributed by atoms with van der Waals surface area (Å²) in [4.78, 5) is 14.7. The largest absolute Gasteiger partial charge is 0.374 e. The summed E-state index contributed by atoms with van der Waals surface area (Å²) < 4.78 is 0. The van der Waals surface area contributed by atoms with Crippen LogP contribution in [-0.4, -0.2) is 23.4 Å². The van der Waals surface area contributed by atoms with E-state index in [1.165, 1.54) is 16.7 Å². The van der Waals surface area contributed by atoms with Gasteiger partial charge >= 0.3 is 0 Å². The Labute approximate surface area is 138 Å². The van der Waals surface area contributed by atoms with Crippen molar-refractivity contribution < 1.29 is 4.79 Å². The molecule has 3 nitrogen and oxygen atoms in total. The van der Waals surface area contributed by atoms with Gasteiger partial charge in [-0.25, -0.2) is 0 Å². The number of hydrogen-bond acceptors (Lipinski definition) is 2. The average Bonchev–Trinajstić information content (AvgIpc) is 2.61. The molecule has 0 aliphatic carbocycles. The number of nitrogens with zero attached hydrogens (tertiary/aromatic N) is 1. The number of carbonyl (C=O) groups excluding carboxylic acids is 1. The number of fused-ring (bicyclic) bond motifs is 1. The van der Waals surface area contributed by atoms with Gasteiger partial charge in [0, 0.05) is 18.8 Å². The normalized spacial score (nSPS) is 15.0. The Morgan fingerprint density at radius 3 is 2.52 bits per heavy atom. The zero-order valence-corrected chi connectivity index (χ0v) is 13.9. The van der Waals surface area contributed by atoms with E-state index < -0.39 is 0 Å². The molecule has 0 radical (unpaired) electrons. The third-order valence-corrected chi connectivity index (χ3v) is 4.56. The first-order chi connectivity index (χ1) is 11.2. The van der Waals surface area contributed by atoms with E-state index in [1.807, 2.05) is 30.0 Å². The molecule has 0 fully saturated rings. The van der Waals surface area contributed by atoms with Gasteiger partial charge in [-0.2, -0.15) is 0 Å². The highest BCUT2D eigenvalue weighted by atomic mass is 16.2. The fraction of sp³-hybridized carbons (Fsp3) is 0.350. The van der Waals surface area contributed by atoms with Crippen molar-refractivity contribution in [2.45, 2.75) is 39.3 Å². The molecular formula is C20H24N2O. The van der Waals surface area contributed by atoms with Gasteiger partial charge in [0.1, 0.15) is 6.04 Å². The molecule has 0 spiro atoms. The van der Waals surface area contributed by atoms with Crippen molar-refractivity contribution in [3.8, 4) is 0 Å². The standard InChI is InChI=1S/C20H24N2O/c1-3-16-8-10-19(11-9-16)21-15(2)20(23)22-13-12-17-6-4-5-7-18(17)14-22/h4-11,15,21H,3,12-14H2,1-2H3/t15-/m1/s1. The van der Waals surface area contributed by atoms with Gasteiger partial charge in [-0.15, -0.1) is 0 Å². The number of amides is 1. The lowest BCUT2D eigenvalue weighted by Crippen LogP contribution is -2.43. The van der Waals surface area contributed by atoms with Crippen molar-refractivity contribution in [3.05, 3.63) is 65.2 Å². The number of hydrogen-bond donors (Lipinski definition) is 1. The quantitative estimate of drug-likeness (QED) is 0.935. The second-order valence-corrected chi connectivity index (χ2v) is 6.20. The van der Waals surface area contributed by atoms with E-state index >= 15 is 0 Å². The third-order valence-electron chi connectivity index (χ3n) is 4.56. The summed E-state index contributed by atoms with van der Waals surface area (Å²) in [6, 6.07) is 16.5. The fourth-order valence-electron chi connectivity index (χ4n) is 3.11. The second kappa shape index (κ2) is 6.86. The van der Waals surface area contributed by atoms with Crippen LogP contribution in [0.4, 0.5) is 5.69 Å². The van der Waals surface area contributed by atoms with Gasteiger partial charge in [0.15, 0.2) is 0 Å². The molecule has 120 valence electrons. The van der Waals surface area contributed by atoms with Crippen LogP contribution in [0.2, 0.25) is 0 Å². The Morgan fingerprint density at radius 2 is 1.83 bits per heavy atom. The van der Waals surface area contributed by atoms with Crippen LogP contribution < -0.4 is 5.32 Å².